The molecule has 214 valence electrons. The monoisotopic (exact) mass is 563 g/mol. The minimum absolute atomic E-state index is 0.0366. The van der Waals surface area contributed by atoms with Gasteiger partial charge in [0.15, 0.2) is 17.3 Å². The van der Waals surface area contributed by atoms with Crippen molar-refractivity contribution in [2.24, 2.45) is 10.2 Å². The van der Waals surface area contributed by atoms with Gasteiger partial charge in [-0.3, -0.25) is 10.1 Å². The van der Waals surface area contributed by atoms with E-state index in [-0.39, 0.29) is 29.4 Å². The number of nitro benzene ring substituents is 1. The zero-order valence-electron chi connectivity index (χ0n) is 22.5. The van der Waals surface area contributed by atoms with Crippen LogP contribution in [-0.4, -0.2) is 71.1 Å². The van der Waals surface area contributed by atoms with Gasteiger partial charge in [0.05, 0.1) is 23.4 Å². The maximum absolute atomic E-state index is 11.2. The number of nitro groups is 1. The number of anilines is 3. The molecular formula is C25H29N11O5. The highest BCUT2D eigenvalue weighted by Gasteiger charge is 2.16. The fraction of sp³-hybridized carbons (Fsp3) is 0.320. The fourth-order valence-corrected chi connectivity index (χ4v) is 3.33. The number of methoxy groups -OCH3 is 1. The van der Waals surface area contributed by atoms with Crippen LogP contribution in [0.3, 0.4) is 0 Å². The molecule has 0 amide bonds. The van der Waals surface area contributed by atoms with Crippen LogP contribution in [0, 0.1) is 21.4 Å². The molecule has 16 heteroatoms. The first-order valence-corrected chi connectivity index (χ1v) is 12.4. The molecular weight excluding hydrogens is 534 g/mol. The van der Waals surface area contributed by atoms with Gasteiger partial charge < -0.3 is 25.4 Å². The second kappa shape index (κ2) is 15.2. The van der Waals surface area contributed by atoms with Gasteiger partial charge in [-0.25, -0.2) is 9.48 Å². The lowest BCUT2D eigenvalue weighted by Crippen LogP contribution is -2.13. The summed E-state index contributed by atoms with van der Waals surface area (Å²) in [6, 6.07) is 7.73. The Morgan fingerprint density at radius 2 is 1.88 bits per heavy atom. The molecule has 3 aromatic rings. The third-order valence-corrected chi connectivity index (χ3v) is 5.34. The molecule has 0 saturated carbocycles. The van der Waals surface area contributed by atoms with E-state index in [2.05, 4.69) is 47.8 Å². The Morgan fingerprint density at radius 3 is 2.54 bits per heavy atom. The second-order valence-corrected chi connectivity index (χ2v) is 8.16. The number of nitrogens with zero attached hydrogens (tertiary/aromatic N) is 8. The van der Waals surface area contributed by atoms with Gasteiger partial charge in [0.25, 0.3) is 5.69 Å². The minimum atomic E-state index is -0.503. The van der Waals surface area contributed by atoms with Crippen LogP contribution < -0.4 is 16.0 Å². The Bertz CT molecular complexity index is 1430. The van der Waals surface area contributed by atoms with Crippen molar-refractivity contribution in [3.8, 4) is 11.8 Å². The molecule has 3 rings (SSSR count). The van der Waals surface area contributed by atoms with E-state index in [9.17, 15) is 20.2 Å². The molecule has 0 unspecified atom stereocenters. The number of azo groups is 1. The highest BCUT2D eigenvalue weighted by molar-refractivity contribution is 5.81. The van der Waals surface area contributed by atoms with E-state index in [1.807, 2.05) is 6.07 Å². The fourth-order valence-electron chi connectivity index (χ4n) is 3.33. The molecule has 3 N–H and O–H groups in total. The van der Waals surface area contributed by atoms with Crippen LogP contribution in [0.25, 0.3) is 5.69 Å². The van der Waals surface area contributed by atoms with Crippen LogP contribution in [0.2, 0.25) is 0 Å². The van der Waals surface area contributed by atoms with Crippen molar-refractivity contribution < 1.29 is 19.2 Å². The normalized spacial score (nSPS) is 10.7. The standard InChI is InChI=1S/C25H29N11O5/c1-4-20(37)41-14-6-12-29-25-30-23(27-2)21(24(31-25)28-11-5-13-40-3)32-33-22-17(15-26)16-35(34-22)18-7-9-19(10-8-18)36(38)39/h4,7-10,16H,1,5-6,11-14H2,2-3H3,(H3,27,28,29,30,31). The van der Waals surface area contributed by atoms with Crippen molar-refractivity contribution in [1.29, 1.82) is 5.26 Å². The SMILES string of the molecule is C=CC(=O)OCCCNc1nc(NC)c(N=Nc2nn(-c3ccc([N+](=O)[O-])cc3)cc2C#N)c(NCCCOC)n1. The molecule has 0 atom stereocenters. The highest BCUT2D eigenvalue weighted by Crippen LogP contribution is 2.34. The first-order chi connectivity index (χ1) is 19.9. The van der Waals surface area contributed by atoms with Crippen molar-refractivity contribution in [2.45, 2.75) is 12.8 Å². The average Bonchev–Trinajstić information content (AvgIpc) is 3.41. The lowest BCUT2D eigenvalue weighted by atomic mass is 10.3. The number of hydrogen-bond acceptors (Lipinski definition) is 14. The number of nitriles is 1. The van der Waals surface area contributed by atoms with Crippen molar-refractivity contribution in [2.75, 3.05) is 56.4 Å². The van der Waals surface area contributed by atoms with Crippen LogP contribution in [0.15, 0.2) is 53.3 Å². The first-order valence-electron chi connectivity index (χ1n) is 12.4. The number of esters is 1. The summed E-state index contributed by atoms with van der Waals surface area (Å²) in [7, 11) is 3.28. The maximum atomic E-state index is 11.2. The predicted octanol–water partition coefficient (Wildman–Crippen LogP) is 3.88. The molecule has 0 aliphatic carbocycles. The van der Waals surface area contributed by atoms with E-state index < -0.39 is 10.9 Å². The van der Waals surface area contributed by atoms with Gasteiger partial charge in [-0.15, -0.1) is 15.3 Å². The van der Waals surface area contributed by atoms with E-state index in [0.717, 1.165) is 6.08 Å². The summed E-state index contributed by atoms with van der Waals surface area (Å²) in [6.45, 7) is 5.05. The predicted molar refractivity (Wildman–Crippen MR) is 150 cm³/mol. The van der Waals surface area contributed by atoms with Gasteiger partial charge in [0.2, 0.25) is 11.8 Å². The number of aromatic nitrogens is 4. The summed E-state index contributed by atoms with van der Waals surface area (Å²) in [5.74, 6) is 0.574. The van der Waals surface area contributed by atoms with Gasteiger partial charge >= 0.3 is 5.97 Å². The third kappa shape index (κ3) is 8.53. The number of ether oxygens (including phenoxy) is 2. The molecule has 16 nitrogen and oxygen atoms in total. The average molecular weight is 564 g/mol. The number of benzene rings is 1. The van der Waals surface area contributed by atoms with E-state index >= 15 is 0 Å². The van der Waals surface area contributed by atoms with Crippen LogP contribution >= 0.6 is 0 Å². The second-order valence-electron chi connectivity index (χ2n) is 8.16. The molecule has 1 aromatic carbocycles. The summed E-state index contributed by atoms with van der Waals surface area (Å²) in [5.41, 5.74) is 0.858. The molecule has 0 saturated heterocycles. The Labute approximate surface area is 235 Å². The zero-order chi connectivity index (χ0) is 29.6. The smallest absolute Gasteiger partial charge is 0.330 e. The Hall–Kier alpha value is -5.43. The number of carbonyl (C=O) groups excluding carboxylic acids is 1. The molecule has 2 aromatic heterocycles. The van der Waals surface area contributed by atoms with Crippen molar-refractivity contribution in [3.05, 3.63) is 58.8 Å². The first kappa shape index (κ1) is 30.1. The van der Waals surface area contributed by atoms with Crippen molar-refractivity contribution >= 4 is 40.7 Å². The van der Waals surface area contributed by atoms with Crippen molar-refractivity contribution in [3.63, 3.8) is 0 Å². The van der Waals surface area contributed by atoms with Crippen LogP contribution in [-0.2, 0) is 14.3 Å². The highest BCUT2D eigenvalue weighted by atomic mass is 16.6. The molecule has 0 aliphatic rings. The third-order valence-electron chi connectivity index (χ3n) is 5.34. The van der Waals surface area contributed by atoms with E-state index in [1.54, 1.807) is 14.2 Å². The molecule has 0 aliphatic heterocycles. The summed E-state index contributed by atoms with van der Waals surface area (Å²) in [5, 5.41) is 42.7. The lowest BCUT2D eigenvalue weighted by Gasteiger charge is -2.14. The molecule has 2 heterocycles. The van der Waals surface area contributed by atoms with Gasteiger partial charge in [-0.1, -0.05) is 6.58 Å². The Balaban J connectivity index is 1.86. The quantitative estimate of drug-likeness (QED) is 0.0566. The zero-order valence-corrected chi connectivity index (χ0v) is 22.5. The van der Waals surface area contributed by atoms with Crippen LogP contribution in [0.1, 0.15) is 18.4 Å². The maximum Gasteiger partial charge on any atom is 0.330 e. The number of carbonyl (C=O) groups is 1. The van der Waals surface area contributed by atoms with Gasteiger partial charge in [-0.2, -0.15) is 15.2 Å². The van der Waals surface area contributed by atoms with Gasteiger partial charge in [-0.05, 0) is 25.0 Å². The summed E-state index contributed by atoms with van der Waals surface area (Å²) < 4.78 is 11.5. The molecule has 41 heavy (non-hydrogen) atoms. The Morgan fingerprint density at radius 1 is 1.17 bits per heavy atom. The number of nitrogens with one attached hydrogen (secondary N) is 3. The molecule has 0 radical (unpaired) electrons. The molecule has 0 bridgehead atoms. The van der Waals surface area contributed by atoms with E-state index in [1.165, 1.54) is 35.1 Å². The lowest BCUT2D eigenvalue weighted by molar-refractivity contribution is -0.384. The molecule has 0 spiro atoms. The van der Waals surface area contributed by atoms with Crippen LogP contribution in [0.4, 0.5) is 34.8 Å². The number of non-ortho nitro benzene ring substituents is 1. The number of rotatable bonds is 16. The number of hydrogen-bond donors (Lipinski definition) is 3. The Kier molecular flexibility index (Phi) is 11.2. The topological polar surface area (TPSA) is 207 Å². The largest absolute Gasteiger partial charge is 0.462 e. The molecule has 0 fully saturated rings. The van der Waals surface area contributed by atoms with Crippen molar-refractivity contribution in [1.82, 2.24) is 19.7 Å². The van der Waals surface area contributed by atoms with Gasteiger partial charge in [0.1, 0.15) is 11.6 Å². The summed E-state index contributed by atoms with van der Waals surface area (Å²) in [4.78, 5) is 30.6. The van der Waals surface area contributed by atoms with Gasteiger partial charge in [0, 0.05) is 52.1 Å². The minimum Gasteiger partial charge on any atom is -0.462 e. The van der Waals surface area contributed by atoms with E-state index in [0.29, 0.717) is 55.8 Å². The van der Waals surface area contributed by atoms with Crippen LogP contribution in [0.5, 0.6) is 0 Å². The summed E-state index contributed by atoms with van der Waals surface area (Å²) >= 11 is 0. The summed E-state index contributed by atoms with van der Waals surface area (Å²) in [6.07, 6.45) is 3.77. The van der Waals surface area contributed by atoms with E-state index in [4.69, 9.17) is 9.47 Å².